The van der Waals surface area contributed by atoms with Crippen molar-refractivity contribution in [3.05, 3.63) is 59.7 Å². The van der Waals surface area contributed by atoms with Crippen molar-refractivity contribution in [2.24, 2.45) is 0 Å². The Labute approximate surface area is 186 Å². The lowest BCUT2D eigenvalue weighted by Gasteiger charge is -2.34. The van der Waals surface area contributed by atoms with E-state index >= 15 is 0 Å². The highest BCUT2D eigenvalue weighted by Crippen LogP contribution is 2.31. The lowest BCUT2D eigenvalue weighted by Crippen LogP contribution is -2.46. The van der Waals surface area contributed by atoms with E-state index in [1.165, 1.54) is 19.3 Å². The largest absolute Gasteiger partial charge is 0.493 e. The molecule has 0 aromatic heterocycles. The number of hydrogen-bond acceptors (Lipinski definition) is 3. The van der Waals surface area contributed by atoms with Gasteiger partial charge in [-0.3, -0.25) is 0 Å². The van der Waals surface area contributed by atoms with Crippen LogP contribution in [0.5, 0.6) is 11.5 Å². The standard InChI is InChI=1S/C26H36N2O3/c1-3-4-17-27-26(29)28(23-13-9-6-10-14-23)19-22-15-16-24(30-2)25(18-22)31-20-21-11-7-5-8-12-21/h5,7-8,11-12,15-16,18,23H,3-4,6,9-10,13-14,17,19-20H2,1-2H3,(H,27,29). The maximum absolute atomic E-state index is 13.0. The van der Waals surface area contributed by atoms with Gasteiger partial charge in [-0.05, 0) is 42.5 Å². The summed E-state index contributed by atoms with van der Waals surface area (Å²) < 4.78 is 11.6. The molecule has 0 spiro atoms. The molecule has 5 heteroatoms. The van der Waals surface area contributed by atoms with Crippen LogP contribution in [0.4, 0.5) is 4.79 Å². The normalized spacial score (nSPS) is 14.1. The molecule has 31 heavy (non-hydrogen) atoms. The summed E-state index contributed by atoms with van der Waals surface area (Å²) in [6, 6.07) is 16.4. The van der Waals surface area contributed by atoms with E-state index in [2.05, 4.69) is 12.2 Å². The molecule has 0 bridgehead atoms. The predicted octanol–water partition coefficient (Wildman–Crippen LogP) is 5.92. The van der Waals surface area contributed by atoms with E-state index in [4.69, 9.17) is 9.47 Å². The maximum atomic E-state index is 13.0. The third kappa shape index (κ3) is 6.91. The van der Waals surface area contributed by atoms with Crippen LogP contribution in [-0.4, -0.2) is 30.6 Å². The number of amides is 2. The minimum absolute atomic E-state index is 0.0444. The van der Waals surface area contributed by atoms with Gasteiger partial charge in [0.15, 0.2) is 11.5 Å². The summed E-state index contributed by atoms with van der Waals surface area (Å²) in [7, 11) is 1.65. The fourth-order valence-corrected chi connectivity index (χ4v) is 4.10. The average molecular weight is 425 g/mol. The molecule has 0 heterocycles. The summed E-state index contributed by atoms with van der Waals surface area (Å²) in [5.41, 5.74) is 2.16. The van der Waals surface area contributed by atoms with Gasteiger partial charge in [0, 0.05) is 19.1 Å². The second-order valence-corrected chi connectivity index (χ2v) is 8.26. The zero-order valence-corrected chi connectivity index (χ0v) is 18.9. The van der Waals surface area contributed by atoms with Gasteiger partial charge in [-0.1, -0.05) is 69.0 Å². The molecular formula is C26H36N2O3. The van der Waals surface area contributed by atoms with Crippen molar-refractivity contribution in [2.75, 3.05) is 13.7 Å². The predicted molar refractivity (Wildman–Crippen MR) is 124 cm³/mol. The van der Waals surface area contributed by atoms with Crippen molar-refractivity contribution >= 4 is 6.03 Å². The second kappa shape index (κ2) is 12.2. The number of carbonyl (C=O) groups is 1. The Balaban J connectivity index is 1.73. The Morgan fingerprint density at radius 3 is 2.52 bits per heavy atom. The van der Waals surface area contributed by atoms with Crippen LogP contribution in [0.1, 0.15) is 63.0 Å². The summed E-state index contributed by atoms with van der Waals surface area (Å²) in [4.78, 5) is 15.0. The Morgan fingerprint density at radius 2 is 1.81 bits per heavy atom. The number of urea groups is 1. The Morgan fingerprint density at radius 1 is 1.03 bits per heavy atom. The second-order valence-electron chi connectivity index (χ2n) is 8.26. The maximum Gasteiger partial charge on any atom is 0.317 e. The summed E-state index contributed by atoms with van der Waals surface area (Å²) >= 11 is 0. The third-order valence-corrected chi connectivity index (χ3v) is 5.90. The molecule has 168 valence electrons. The van der Waals surface area contributed by atoms with Crippen LogP contribution < -0.4 is 14.8 Å². The molecule has 1 saturated carbocycles. The number of ether oxygens (including phenoxy) is 2. The van der Waals surface area contributed by atoms with Gasteiger partial charge in [0.2, 0.25) is 0 Å². The van der Waals surface area contributed by atoms with Crippen LogP contribution in [0.25, 0.3) is 0 Å². The van der Waals surface area contributed by atoms with E-state index < -0.39 is 0 Å². The van der Waals surface area contributed by atoms with Crippen LogP contribution in [0.2, 0.25) is 0 Å². The van der Waals surface area contributed by atoms with Gasteiger partial charge in [-0.15, -0.1) is 0 Å². The van der Waals surface area contributed by atoms with E-state index in [0.29, 0.717) is 30.7 Å². The molecule has 2 aromatic carbocycles. The van der Waals surface area contributed by atoms with Crippen molar-refractivity contribution in [1.29, 1.82) is 0 Å². The summed E-state index contributed by atoms with van der Waals surface area (Å²) in [6.45, 7) is 3.92. The van der Waals surface area contributed by atoms with Gasteiger partial charge in [0.1, 0.15) is 6.61 Å². The first-order valence-corrected chi connectivity index (χ1v) is 11.6. The molecule has 5 nitrogen and oxygen atoms in total. The van der Waals surface area contributed by atoms with E-state index in [1.54, 1.807) is 7.11 Å². The van der Waals surface area contributed by atoms with Crippen LogP contribution in [0, 0.1) is 0 Å². The minimum Gasteiger partial charge on any atom is -0.493 e. The Hall–Kier alpha value is -2.69. The zero-order valence-electron chi connectivity index (χ0n) is 18.9. The van der Waals surface area contributed by atoms with Gasteiger partial charge in [-0.2, -0.15) is 0 Å². The van der Waals surface area contributed by atoms with Crippen molar-refractivity contribution in [1.82, 2.24) is 10.2 Å². The lowest BCUT2D eigenvalue weighted by molar-refractivity contribution is 0.151. The highest BCUT2D eigenvalue weighted by atomic mass is 16.5. The highest BCUT2D eigenvalue weighted by Gasteiger charge is 2.25. The Kier molecular flexibility index (Phi) is 9.07. The Bertz CT molecular complexity index is 804. The van der Waals surface area contributed by atoms with Gasteiger partial charge in [0.05, 0.1) is 7.11 Å². The molecule has 1 aliphatic rings. The summed E-state index contributed by atoms with van der Waals surface area (Å²) in [5, 5.41) is 3.12. The lowest BCUT2D eigenvalue weighted by atomic mass is 9.94. The smallest absolute Gasteiger partial charge is 0.317 e. The molecule has 2 aromatic rings. The number of carbonyl (C=O) groups excluding carboxylic acids is 1. The van der Waals surface area contributed by atoms with Crippen LogP contribution in [0.15, 0.2) is 48.5 Å². The van der Waals surface area contributed by atoms with Crippen molar-refractivity contribution < 1.29 is 14.3 Å². The number of hydrogen-bond donors (Lipinski definition) is 1. The molecule has 0 unspecified atom stereocenters. The number of nitrogens with one attached hydrogen (secondary N) is 1. The first-order valence-electron chi connectivity index (χ1n) is 11.6. The van der Waals surface area contributed by atoms with Crippen LogP contribution in [0.3, 0.4) is 0 Å². The van der Waals surface area contributed by atoms with Crippen molar-refractivity contribution in [3.8, 4) is 11.5 Å². The van der Waals surface area contributed by atoms with Gasteiger partial charge in [-0.25, -0.2) is 4.79 Å². The fraction of sp³-hybridized carbons (Fsp3) is 0.500. The number of methoxy groups -OCH3 is 1. The van der Waals surface area contributed by atoms with E-state index in [1.807, 2.05) is 53.4 Å². The summed E-state index contributed by atoms with van der Waals surface area (Å²) in [5.74, 6) is 1.41. The molecule has 0 atom stereocenters. The molecule has 0 radical (unpaired) electrons. The topological polar surface area (TPSA) is 50.8 Å². The van der Waals surface area contributed by atoms with Gasteiger partial charge in [0.25, 0.3) is 0 Å². The molecular weight excluding hydrogens is 388 g/mol. The number of nitrogens with zero attached hydrogens (tertiary/aromatic N) is 1. The molecule has 2 amide bonds. The quantitative estimate of drug-likeness (QED) is 0.482. The minimum atomic E-state index is 0.0444. The SMILES string of the molecule is CCCCNC(=O)N(Cc1ccc(OC)c(OCc2ccccc2)c1)C1CCCCC1. The van der Waals surface area contributed by atoms with E-state index in [0.717, 1.165) is 43.4 Å². The first kappa shape index (κ1) is 23.0. The molecule has 3 rings (SSSR count). The van der Waals surface area contributed by atoms with Gasteiger partial charge < -0.3 is 19.7 Å². The van der Waals surface area contributed by atoms with Gasteiger partial charge >= 0.3 is 6.03 Å². The number of rotatable bonds is 10. The fourth-order valence-electron chi connectivity index (χ4n) is 4.10. The molecule has 1 N–H and O–H groups in total. The average Bonchev–Trinajstić information content (AvgIpc) is 2.82. The highest BCUT2D eigenvalue weighted by molar-refractivity contribution is 5.74. The monoisotopic (exact) mass is 424 g/mol. The van der Waals surface area contributed by atoms with Crippen molar-refractivity contribution in [2.45, 2.75) is 71.1 Å². The molecule has 1 aliphatic carbocycles. The summed E-state index contributed by atoms with van der Waals surface area (Å²) in [6.07, 6.45) is 7.88. The molecule has 0 aliphatic heterocycles. The van der Waals surface area contributed by atoms with Crippen LogP contribution >= 0.6 is 0 Å². The molecule has 1 fully saturated rings. The number of benzene rings is 2. The zero-order chi connectivity index (χ0) is 21.9. The number of unbranched alkanes of at least 4 members (excludes halogenated alkanes) is 1. The first-order chi connectivity index (χ1) is 15.2. The van der Waals surface area contributed by atoms with E-state index in [9.17, 15) is 4.79 Å². The van der Waals surface area contributed by atoms with Crippen molar-refractivity contribution in [3.63, 3.8) is 0 Å². The third-order valence-electron chi connectivity index (χ3n) is 5.90. The van der Waals surface area contributed by atoms with E-state index in [-0.39, 0.29) is 6.03 Å². The van der Waals surface area contributed by atoms with Crippen LogP contribution in [-0.2, 0) is 13.2 Å². The molecule has 0 saturated heterocycles.